The molecule has 0 aliphatic carbocycles. The van der Waals surface area contributed by atoms with Crippen LogP contribution in [0.2, 0.25) is 5.15 Å². The summed E-state index contributed by atoms with van der Waals surface area (Å²) in [6.07, 6.45) is 3.53. The Hall–Kier alpha value is -0.450. The lowest BCUT2D eigenvalue weighted by Crippen LogP contribution is -2.07. The Morgan fingerprint density at radius 3 is 2.85 bits per heavy atom. The van der Waals surface area contributed by atoms with Crippen molar-refractivity contribution in [2.24, 2.45) is 5.84 Å². The number of nitrogens with one attached hydrogen (secondary N) is 1. The van der Waals surface area contributed by atoms with Gasteiger partial charge in [0.2, 0.25) is 0 Å². The molecular weight excluding hydrogens is 211 g/mol. The standard InChI is InChI=1S/C7H12Cl2N4/c8-3-1-2-4-13-7(9)6(12-10)5-11-13/h5,12H,1-4,10H2. The lowest BCUT2D eigenvalue weighted by Gasteiger charge is -2.02. The Kier molecular flexibility index (Phi) is 4.35. The average molecular weight is 223 g/mol. The van der Waals surface area contributed by atoms with E-state index in [1.54, 1.807) is 10.9 Å². The van der Waals surface area contributed by atoms with E-state index in [1.165, 1.54) is 0 Å². The summed E-state index contributed by atoms with van der Waals surface area (Å²) in [5.74, 6) is 5.88. The summed E-state index contributed by atoms with van der Waals surface area (Å²) in [6.45, 7) is 0.771. The second-order valence-electron chi connectivity index (χ2n) is 2.61. The van der Waals surface area contributed by atoms with Gasteiger partial charge in [0.05, 0.1) is 6.20 Å². The van der Waals surface area contributed by atoms with Crippen LogP contribution in [0, 0.1) is 0 Å². The van der Waals surface area contributed by atoms with Gasteiger partial charge in [-0.25, -0.2) is 0 Å². The van der Waals surface area contributed by atoms with Crippen molar-refractivity contribution < 1.29 is 0 Å². The van der Waals surface area contributed by atoms with Crippen LogP contribution >= 0.6 is 23.2 Å². The van der Waals surface area contributed by atoms with Gasteiger partial charge >= 0.3 is 0 Å². The summed E-state index contributed by atoms with van der Waals surface area (Å²) in [5.41, 5.74) is 3.11. The van der Waals surface area contributed by atoms with Gasteiger partial charge in [-0.2, -0.15) is 5.10 Å². The number of nitrogen functional groups attached to an aromatic ring is 1. The van der Waals surface area contributed by atoms with E-state index in [0.717, 1.165) is 19.4 Å². The highest BCUT2D eigenvalue weighted by molar-refractivity contribution is 6.32. The first kappa shape index (κ1) is 10.6. The molecule has 74 valence electrons. The van der Waals surface area contributed by atoms with Crippen molar-refractivity contribution >= 4 is 28.9 Å². The molecule has 0 aliphatic heterocycles. The first-order valence-electron chi connectivity index (χ1n) is 4.03. The van der Waals surface area contributed by atoms with Crippen molar-refractivity contribution in [2.45, 2.75) is 19.4 Å². The lowest BCUT2D eigenvalue weighted by molar-refractivity contribution is 0.574. The first-order valence-corrected chi connectivity index (χ1v) is 4.94. The van der Waals surface area contributed by atoms with Crippen LogP contribution in [0.15, 0.2) is 6.20 Å². The number of anilines is 1. The van der Waals surface area contributed by atoms with Crippen LogP contribution < -0.4 is 11.3 Å². The molecule has 0 amide bonds. The Morgan fingerprint density at radius 2 is 2.31 bits per heavy atom. The number of aromatic nitrogens is 2. The molecule has 0 unspecified atom stereocenters. The van der Waals surface area contributed by atoms with Gasteiger partial charge in [0.15, 0.2) is 5.15 Å². The lowest BCUT2D eigenvalue weighted by atomic mass is 10.3. The molecule has 1 aromatic rings. The molecule has 0 bridgehead atoms. The fraction of sp³-hybridized carbons (Fsp3) is 0.571. The van der Waals surface area contributed by atoms with E-state index in [0.29, 0.717) is 16.7 Å². The van der Waals surface area contributed by atoms with Crippen LogP contribution in [0.4, 0.5) is 5.69 Å². The summed E-state index contributed by atoms with van der Waals surface area (Å²) < 4.78 is 1.70. The number of alkyl halides is 1. The van der Waals surface area contributed by atoms with E-state index in [9.17, 15) is 0 Å². The zero-order valence-corrected chi connectivity index (χ0v) is 8.65. The molecule has 0 fully saturated rings. The fourth-order valence-corrected chi connectivity index (χ4v) is 1.40. The van der Waals surface area contributed by atoms with Gasteiger partial charge in [0, 0.05) is 12.4 Å². The molecular formula is C7H12Cl2N4. The van der Waals surface area contributed by atoms with Crippen LogP contribution in [-0.4, -0.2) is 15.7 Å². The molecule has 3 N–H and O–H groups in total. The first-order chi connectivity index (χ1) is 6.29. The molecule has 0 spiro atoms. The van der Waals surface area contributed by atoms with Gasteiger partial charge in [-0.1, -0.05) is 11.6 Å². The van der Waals surface area contributed by atoms with E-state index in [1.807, 2.05) is 0 Å². The predicted molar refractivity (Wildman–Crippen MR) is 55.0 cm³/mol. The third kappa shape index (κ3) is 2.76. The minimum Gasteiger partial charge on any atom is -0.320 e. The number of nitrogens with two attached hydrogens (primary N) is 1. The fourth-order valence-electron chi connectivity index (χ4n) is 0.979. The Balaban J connectivity index is 2.51. The van der Waals surface area contributed by atoms with E-state index in [-0.39, 0.29) is 0 Å². The number of unbranched alkanes of at least 4 members (excludes halogenated alkanes) is 1. The summed E-state index contributed by atoms with van der Waals surface area (Å²) in [7, 11) is 0. The maximum atomic E-state index is 5.93. The van der Waals surface area contributed by atoms with Crippen molar-refractivity contribution in [3.8, 4) is 0 Å². The Bertz CT molecular complexity index is 261. The van der Waals surface area contributed by atoms with Crippen molar-refractivity contribution in [1.29, 1.82) is 0 Å². The maximum Gasteiger partial charge on any atom is 0.151 e. The van der Waals surface area contributed by atoms with Gasteiger partial charge in [-0.05, 0) is 12.8 Å². The second-order valence-corrected chi connectivity index (χ2v) is 3.35. The SMILES string of the molecule is NNc1cnn(CCCCCl)c1Cl. The third-order valence-electron chi connectivity index (χ3n) is 1.68. The molecule has 13 heavy (non-hydrogen) atoms. The van der Waals surface area contributed by atoms with Gasteiger partial charge < -0.3 is 5.43 Å². The van der Waals surface area contributed by atoms with Crippen LogP contribution in [0.1, 0.15) is 12.8 Å². The highest BCUT2D eigenvalue weighted by Gasteiger charge is 2.05. The molecule has 6 heteroatoms. The summed E-state index contributed by atoms with van der Waals surface area (Å²) in [4.78, 5) is 0. The number of nitrogens with zero attached hydrogens (tertiary/aromatic N) is 2. The third-order valence-corrected chi connectivity index (χ3v) is 2.35. The maximum absolute atomic E-state index is 5.93. The number of hydrazine groups is 1. The highest BCUT2D eigenvalue weighted by atomic mass is 35.5. The zero-order valence-electron chi connectivity index (χ0n) is 7.13. The highest BCUT2D eigenvalue weighted by Crippen LogP contribution is 2.19. The molecule has 0 saturated heterocycles. The van der Waals surface area contributed by atoms with Crippen LogP contribution in [0.5, 0.6) is 0 Å². The van der Waals surface area contributed by atoms with Gasteiger partial charge in [-0.15, -0.1) is 11.6 Å². The summed E-state index contributed by atoms with van der Waals surface area (Å²) in [6, 6.07) is 0. The Labute approximate surface area is 87.0 Å². The van der Waals surface area contributed by atoms with Gasteiger partial charge in [-0.3, -0.25) is 10.5 Å². The van der Waals surface area contributed by atoms with Gasteiger partial charge in [0.25, 0.3) is 0 Å². The van der Waals surface area contributed by atoms with E-state index in [4.69, 9.17) is 29.0 Å². The topological polar surface area (TPSA) is 55.9 Å². The number of halogens is 2. The minimum atomic E-state index is 0.539. The molecule has 0 saturated carbocycles. The largest absolute Gasteiger partial charge is 0.320 e. The average Bonchev–Trinajstić information content (AvgIpc) is 2.48. The Morgan fingerprint density at radius 1 is 1.54 bits per heavy atom. The predicted octanol–water partition coefficient (Wildman–Crippen LogP) is 1.84. The summed E-state index contributed by atoms with van der Waals surface area (Å²) >= 11 is 11.5. The van der Waals surface area contributed by atoms with E-state index >= 15 is 0 Å². The smallest absolute Gasteiger partial charge is 0.151 e. The zero-order chi connectivity index (χ0) is 9.68. The molecule has 0 aromatic carbocycles. The minimum absolute atomic E-state index is 0.539. The molecule has 0 atom stereocenters. The van der Waals surface area contributed by atoms with Crippen LogP contribution in [0.25, 0.3) is 0 Å². The number of hydrogen-bond acceptors (Lipinski definition) is 3. The van der Waals surface area contributed by atoms with Crippen LogP contribution in [-0.2, 0) is 6.54 Å². The number of hydrogen-bond donors (Lipinski definition) is 2. The molecule has 0 radical (unpaired) electrons. The number of aryl methyl sites for hydroxylation is 1. The molecule has 4 nitrogen and oxygen atoms in total. The quantitative estimate of drug-likeness (QED) is 0.346. The van der Waals surface area contributed by atoms with Crippen molar-refractivity contribution in [3.63, 3.8) is 0 Å². The van der Waals surface area contributed by atoms with E-state index in [2.05, 4.69) is 10.5 Å². The molecule has 1 aromatic heterocycles. The summed E-state index contributed by atoms with van der Waals surface area (Å²) in [5, 5.41) is 4.60. The van der Waals surface area contributed by atoms with Crippen molar-refractivity contribution in [2.75, 3.05) is 11.3 Å². The van der Waals surface area contributed by atoms with E-state index < -0.39 is 0 Å². The normalized spacial score (nSPS) is 10.4. The molecule has 1 heterocycles. The van der Waals surface area contributed by atoms with Crippen LogP contribution in [0.3, 0.4) is 0 Å². The molecule has 1 rings (SSSR count). The second kappa shape index (κ2) is 5.32. The number of rotatable bonds is 5. The van der Waals surface area contributed by atoms with Crippen molar-refractivity contribution in [3.05, 3.63) is 11.3 Å². The molecule has 0 aliphatic rings. The monoisotopic (exact) mass is 222 g/mol. The van der Waals surface area contributed by atoms with Crippen molar-refractivity contribution in [1.82, 2.24) is 9.78 Å². The van der Waals surface area contributed by atoms with Gasteiger partial charge in [0.1, 0.15) is 5.69 Å².